The van der Waals surface area contributed by atoms with Gasteiger partial charge in [-0.1, -0.05) is 30.3 Å². The first-order chi connectivity index (χ1) is 12.6. The van der Waals surface area contributed by atoms with Gasteiger partial charge in [0, 0.05) is 18.8 Å². The summed E-state index contributed by atoms with van der Waals surface area (Å²) in [4.78, 5) is 22.9. The standard InChI is InChI=1S/C20H20N4O2/c1-14-21-18(23-17-12-8-7-11-16(17)20(25)26-3)13-19(22-14)24(2)15-9-5-4-6-10-15/h4-13H,1-3H3,(H,21,22,23). The summed E-state index contributed by atoms with van der Waals surface area (Å²) in [5.41, 5.74) is 2.10. The minimum absolute atomic E-state index is 0.402. The van der Waals surface area contributed by atoms with Crippen LogP contribution in [0.15, 0.2) is 60.7 Å². The predicted molar refractivity (Wildman–Crippen MR) is 102 cm³/mol. The van der Waals surface area contributed by atoms with Crippen molar-refractivity contribution in [3.8, 4) is 0 Å². The second-order valence-corrected chi connectivity index (χ2v) is 5.72. The highest BCUT2D eigenvalue weighted by Gasteiger charge is 2.13. The SMILES string of the molecule is COC(=O)c1ccccc1Nc1cc(N(C)c2ccccc2)nc(C)n1. The third-order valence-electron chi connectivity index (χ3n) is 3.91. The van der Waals surface area contributed by atoms with Crippen molar-refractivity contribution >= 4 is 29.0 Å². The molecule has 132 valence electrons. The van der Waals surface area contributed by atoms with Crippen LogP contribution in [0.5, 0.6) is 0 Å². The van der Waals surface area contributed by atoms with Gasteiger partial charge >= 0.3 is 5.97 Å². The molecule has 0 saturated heterocycles. The molecule has 0 bridgehead atoms. The lowest BCUT2D eigenvalue weighted by atomic mass is 10.2. The molecule has 0 fully saturated rings. The Morgan fingerprint density at radius 2 is 1.73 bits per heavy atom. The van der Waals surface area contributed by atoms with Crippen molar-refractivity contribution in [1.29, 1.82) is 0 Å². The van der Waals surface area contributed by atoms with E-state index in [-0.39, 0.29) is 0 Å². The monoisotopic (exact) mass is 348 g/mol. The lowest BCUT2D eigenvalue weighted by Gasteiger charge is -2.19. The minimum Gasteiger partial charge on any atom is -0.465 e. The van der Waals surface area contributed by atoms with E-state index in [1.807, 2.05) is 67.4 Å². The van der Waals surface area contributed by atoms with Crippen LogP contribution in [0.1, 0.15) is 16.2 Å². The highest BCUT2D eigenvalue weighted by Crippen LogP contribution is 2.26. The number of carbonyl (C=O) groups excluding carboxylic acids is 1. The number of carbonyl (C=O) groups is 1. The van der Waals surface area contributed by atoms with Crippen LogP contribution in [0.25, 0.3) is 0 Å². The minimum atomic E-state index is -0.402. The van der Waals surface area contributed by atoms with Crippen LogP contribution in [0.2, 0.25) is 0 Å². The number of ether oxygens (including phenoxy) is 1. The molecule has 26 heavy (non-hydrogen) atoms. The number of aryl methyl sites for hydroxylation is 1. The van der Waals surface area contributed by atoms with Gasteiger partial charge in [0.15, 0.2) is 0 Å². The van der Waals surface area contributed by atoms with Gasteiger partial charge in [-0.2, -0.15) is 0 Å². The fourth-order valence-corrected chi connectivity index (χ4v) is 2.59. The van der Waals surface area contributed by atoms with Gasteiger partial charge in [0.1, 0.15) is 17.5 Å². The molecule has 2 aromatic carbocycles. The molecule has 3 rings (SSSR count). The van der Waals surface area contributed by atoms with E-state index in [4.69, 9.17) is 4.74 Å². The number of nitrogens with zero attached hydrogens (tertiary/aromatic N) is 3. The van der Waals surface area contributed by atoms with Crippen molar-refractivity contribution in [3.05, 3.63) is 72.1 Å². The third-order valence-corrected chi connectivity index (χ3v) is 3.91. The van der Waals surface area contributed by atoms with Crippen LogP contribution in [-0.2, 0) is 4.74 Å². The molecule has 0 radical (unpaired) electrons. The maximum absolute atomic E-state index is 11.9. The zero-order chi connectivity index (χ0) is 18.5. The van der Waals surface area contributed by atoms with E-state index < -0.39 is 5.97 Å². The van der Waals surface area contributed by atoms with E-state index >= 15 is 0 Å². The molecule has 0 aliphatic rings. The number of aromatic nitrogens is 2. The van der Waals surface area contributed by atoms with Crippen LogP contribution in [0.4, 0.5) is 23.0 Å². The largest absolute Gasteiger partial charge is 0.465 e. The van der Waals surface area contributed by atoms with E-state index in [0.29, 0.717) is 22.9 Å². The summed E-state index contributed by atoms with van der Waals surface area (Å²) >= 11 is 0. The quantitative estimate of drug-likeness (QED) is 0.701. The average Bonchev–Trinajstić information content (AvgIpc) is 2.67. The summed E-state index contributed by atoms with van der Waals surface area (Å²) in [6.07, 6.45) is 0. The Hall–Kier alpha value is -3.41. The third kappa shape index (κ3) is 3.80. The van der Waals surface area contributed by atoms with Crippen LogP contribution < -0.4 is 10.2 Å². The normalized spacial score (nSPS) is 10.3. The van der Waals surface area contributed by atoms with Crippen LogP contribution >= 0.6 is 0 Å². The van der Waals surface area contributed by atoms with Crippen LogP contribution in [0, 0.1) is 6.92 Å². The highest BCUT2D eigenvalue weighted by atomic mass is 16.5. The van der Waals surface area contributed by atoms with Gasteiger partial charge in [0.25, 0.3) is 0 Å². The van der Waals surface area contributed by atoms with E-state index in [0.717, 1.165) is 11.5 Å². The van der Waals surface area contributed by atoms with Gasteiger partial charge in [0.2, 0.25) is 0 Å². The highest BCUT2D eigenvalue weighted by molar-refractivity contribution is 5.96. The van der Waals surface area contributed by atoms with Gasteiger partial charge in [-0.05, 0) is 31.2 Å². The van der Waals surface area contributed by atoms with Gasteiger partial charge < -0.3 is 15.0 Å². The second kappa shape index (κ2) is 7.65. The first-order valence-corrected chi connectivity index (χ1v) is 8.17. The van der Waals surface area contributed by atoms with E-state index in [9.17, 15) is 4.79 Å². The maximum Gasteiger partial charge on any atom is 0.339 e. The molecule has 1 heterocycles. The van der Waals surface area contributed by atoms with Crippen LogP contribution in [-0.4, -0.2) is 30.1 Å². The molecule has 0 aliphatic carbocycles. The zero-order valence-corrected chi connectivity index (χ0v) is 14.9. The molecule has 0 saturated carbocycles. The second-order valence-electron chi connectivity index (χ2n) is 5.72. The summed E-state index contributed by atoms with van der Waals surface area (Å²) in [7, 11) is 3.31. The number of methoxy groups -OCH3 is 1. The smallest absolute Gasteiger partial charge is 0.339 e. The Balaban J connectivity index is 1.93. The number of hydrogen-bond donors (Lipinski definition) is 1. The zero-order valence-electron chi connectivity index (χ0n) is 14.9. The van der Waals surface area contributed by atoms with Crippen molar-refractivity contribution in [2.75, 3.05) is 24.4 Å². The molecular weight excluding hydrogens is 328 g/mol. The molecule has 0 amide bonds. The summed E-state index contributed by atoms with van der Waals surface area (Å²) in [6.45, 7) is 1.83. The van der Waals surface area contributed by atoms with Crippen molar-refractivity contribution in [2.24, 2.45) is 0 Å². The van der Waals surface area contributed by atoms with Crippen molar-refractivity contribution in [1.82, 2.24) is 9.97 Å². The molecule has 0 atom stereocenters. The Labute approximate surface area is 152 Å². The molecule has 6 heteroatoms. The van der Waals surface area contributed by atoms with Crippen LogP contribution in [0.3, 0.4) is 0 Å². The van der Waals surface area contributed by atoms with E-state index in [2.05, 4.69) is 15.3 Å². The molecule has 0 spiro atoms. The summed E-state index contributed by atoms with van der Waals surface area (Å²) < 4.78 is 4.84. The average molecular weight is 348 g/mol. The van der Waals surface area contributed by atoms with Crippen molar-refractivity contribution < 1.29 is 9.53 Å². The molecular formula is C20H20N4O2. The number of rotatable bonds is 5. The topological polar surface area (TPSA) is 67.3 Å². The van der Waals surface area contributed by atoms with Crippen molar-refractivity contribution in [2.45, 2.75) is 6.92 Å². The Morgan fingerprint density at radius 1 is 1.04 bits per heavy atom. The van der Waals surface area contributed by atoms with E-state index in [1.54, 1.807) is 12.1 Å². The Kier molecular flexibility index (Phi) is 5.12. The van der Waals surface area contributed by atoms with Crippen molar-refractivity contribution in [3.63, 3.8) is 0 Å². The summed E-state index contributed by atoms with van der Waals surface area (Å²) in [6, 6.07) is 18.9. The fraction of sp³-hybridized carbons (Fsp3) is 0.150. The van der Waals surface area contributed by atoms with Gasteiger partial charge in [-0.25, -0.2) is 14.8 Å². The number of hydrogen-bond acceptors (Lipinski definition) is 6. The first-order valence-electron chi connectivity index (χ1n) is 8.17. The molecule has 1 N–H and O–H groups in total. The summed E-state index contributed by atoms with van der Waals surface area (Å²) in [5.74, 6) is 1.58. The Bertz CT molecular complexity index is 913. The molecule has 3 aromatic rings. The molecule has 6 nitrogen and oxygen atoms in total. The van der Waals surface area contributed by atoms with Gasteiger partial charge in [-0.15, -0.1) is 0 Å². The fourth-order valence-electron chi connectivity index (χ4n) is 2.59. The molecule has 0 aliphatic heterocycles. The van der Waals surface area contributed by atoms with Gasteiger partial charge in [0.05, 0.1) is 18.4 Å². The molecule has 1 aromatic heterocycles. The maximum atomic E-state index is 11.9. The number of para-hydroxylation sites is 2. The number of nitrogens with one attached hydrogen (secondary N) is 1. The summed E-state index contributed by atoms with van der Waals surface area (Å²) in [5, 5.41) is 3.20. The number of anilines is 4. The number of esters is 1. The van der Waals surface area contributed by atoms with E-state index in [1.165, 1.54) is 7.11 Å². The lowest BCUT2D eigenvalue weighted by molar-refractivity contribution is 0.0602. The first kappa shape index (κ1) is 17.4. The predicted octanol–water partition coefficient (Wildman–Crippen LogP) is 4.08. The van der Waals surface area contributed by atoms with Gasteiger partial charge in [-0.3, -0.25) is 0 Å². The molecule has 0 unspecified atom stereocenters. The number of benzene rings is 2. The Morgan fingerprint density at radius 3 is 2.46 bits per heavy atom. The lowest BCUT2D eigenvalue weighted by Crippen LogP contribution is -2.13.